The summed E-state index contributed by atoms with van der Waals surface area (Å²) in [5.74, 6) is -1.18. The summed E-state index contributed by atoms with van der Waals surface area (Å²) in [4.78, 5) is 27.1. The molecule has 156 valence electrons. The van der Waals surface area contributed by atoms with E-state index in [0.717, 1.165) is 6.07 Å². The van der Waals surface area contributed by atoms with Crippen LogP contribution in [-0.4, -0.2) is 45.4 Å². The first-order valence-electron chi connectivity index (χ1n) is 8.98. The number of primary sulfonamides is 1. The molecule has 29 heavy (non-hydrogen) atoms. The van der Waals surface area contributed by atoms with Crippen LogP contribution < -0.4 is 9.88 Å². The van der Waals surface area contributed by atoms with Crippen LogP contribution in [0.3, 0.4) is 0 Å². The van der Waals surface area contributed by atoms with Crippen LogP contribution in [0.4, 0.5) is 0 Å². The molecule has 0 aliphatic carbocycles. The van der Waals surface area contributed by atoms with Gasteiger partial charge in [0.1, 0.15) is 11.3 Å². The monoisotopic (exact) mass is 420 g/mol. The summed E-state index contributed by atoms with van der Waals surface area (Å²) in [5, 5.41) is 5.15. The molecule has 0 bridgehead atoms. The van der Waals surface area contributed by atoms with E-state index in [1.807, 2.05) is 13.8 Å². The average Bonchev–Trinajstić information content (AvgIpc) is 2.72. The number of hydrogen-bond donors (Lipinski definition) is 1. The molecule has 8 nitrogen and oxygen atoms in total. The molecule has 0 radical (unpaired) electrons. The van der Waals surface area contributed by atoms with Gasteiger partial charge in [-0.15, -0.1) is 0 Å². The molecule has 2 rings (SSSR count). The topological polar surface area (TPSA) is 116 Å². The van der Waals surface area contributed by atoms with Crippen molar-refractivity contribution in [3.63, 3.8) is 0 Å². The smallest absolute Gasteiger partial charge is 0.343 e. The molecule has 2 aromatic rings. The fourth-order valence-corrected chi connectivity index (χ4v) is 3.32. The van der Waals surface area contributed by atoms with Crippen molar-refractivity contribution in [3.05, 3.63) is 59.7 Å². The molecule has 9 heteroatoms. The fourth-order valence-electron chi connectivity index (χ4n) is 2.78. The van der Waals surface area contributed by atoms with Gasteiger partial charge in [-0.05, 0) is 32.0 Å². The minimum absolute atomic E-state index is 0.101. The molecule has 2 aromatic carbocycles. The second-order valence-electron chi connectivity index (χ2n) is 6.11. The highest BCUT2D eigenvalue weighted by molar-refractivity contribution is 7.89. The predicted molar refractivity (Wildman–Crippen MR) is 107 cm³/mol. The molecule has 2 N–H and O–H groups in total. The maximum atomic E-state index is 13.0. The van der Waals surface area contributed by atoms with E-state index in [2.05, 4.69) is 0 Å². The number of nitrogens with two attached hydrogens (primary N) is 1. The Labute approximate surface area is 170 Å². The lowest BCUT2D eigenvalue weighted by Gasteiger charge is -2.25. The number of sulfonamides is 1. The molecule has 1 atom stereocenters. The molecule has 0 saturated heterocycles. The largest absolute Gasteiger partial charge is 0.496 e. The van der Waals surface area contributed by atoms with Gasteiger partial charge in [0.25, 0.3) is 5.91 Å². The van der Waals surface area contributed by atoms with Gasteiger partial charge in [0.05, 0.1) is 12.0 Å². The molecule has 0 aliphatic heterocycles. The van der Waals surface area contributed by atoms with Crippen LogP contribution in [0.5, 0.6) is 5.75 Å². The SMILES string of the molecule is CCN(CC)C(=O)[C@@H](OC(=O)c1cc(S(N)(=O)=O)ccc1OC)c1ccccc1. The fraction of sp³-hybridized carbons (Fsp3) is 0.300. The number of benzene rings is 2. The Morgan fingerprint density at radius 2 is 1.69 bits per heavy atom. The third-order valence-corrected chi connectivity index (χ3v) is 5.26. The molecule has 0 heterocycles. The van der Waals surface area contributed by atoms with Crippen LogP contribution in [0.1, 0.15) is 35.9 Å². The van der Waals surface area contributed by atoms with Crippen molar-refractivity contribution >= 4 is 21.9 Å². The summed E-state index contributed by atoms with van der Waals surface area (Å²) in [6.45, 7) is 4.54. The van der Waals surface area contributed by atoms with E-state index >= 15 is 0 Å². The van der Waals surface area contributed by atoms with Gasteiger partial charge in [-0.25, -0.2) is 18.4 Å². The number of nitrogens with zero attached hydrogens (tertiary/aromatic N) is 1. The Balaban J connectivity index is 2.46. The third-order valence-electron chi connectivity index (χ3n) is 4.35. The highest BCUT2D eigenvalue weighted by Gasteiger charge is 2.30. The van der Waals surface area contributed by atoms with Crippen molar-refractivity contribution in [2.45, 2.75) is 24.8 Å². The van der Waals surface area contributed by atoms with Crippen molar-refractivity contribution in [1.29, 1.82) is 0 Å². The van der Waals surface area contributed by atoms with E-state index in [0.29, 0.717) is 18.7 Å². The van der Waals surface area contributed by atoms with E-state index < -0.39 is 22.1 Å². The number of likely N-dealkylation sites (N-methyl/N-ethyl adjacent to an activating group) is 1. The van der Waals surface area contributed by atoms with Crippen molar-refractivity contribution < 1.29 is 27.5 Å². The first kappa shape index (κ1) is 22.4. The molecule has 0 saturated carbocycles. The van der Waals surface area contributed by atoms with Crippen LogP contribution in [0.25, 0.3) is 0 Å². The van der Waals surface area contributed by atoms with Crippen molar-refractivity contribution in [1.82, 2.24) is 4.90 Å². The standard InChI is InChI=1S/C20H24N2O6S/c1-4-22(5-2)19(23)18(14-9-7-6-8-10-14)28-20(24)16-13-15(29(21,25)26)11-12-17(16)27-3/h6-13,18H,4-5H2,1-3H3,(H2,21,25,26)/t18-/m0/s1. The highest BCUT2D eigenvalue weighted by atomic mass is 32.2. The number of ether oxygens (including phenoxy) is 2. The maximum Gasteiger partial charge on any atom is 0.343 e. The number of carbonyl (C=O) groups is 2. The zero-order valence-corrected chi connectivity index (χ0v) is 17.3. The Hall–Kier alpha value is -2.91. The third kappa shape index (κ3) is 5.33. The van der Waals surface area contributed by atoms with Gasteiger partial charge in [-0.3, -0.25) is 4.79 Å². The Bertz CT molecular complexity index is 972. The zero-order valence-electron chi connectivity index (χ0n) is 16.5. The quantitative estimate of drug-likeness (QED) is 0.654. The van der Waals surface area contributed by atoms with Crippen molar-refractivity contribution in [3.8, 4) is 5.75 Å². The van der Waals surface area contributed by atoms with Crippen molar-refractivity contribution in [2.24, 2.45) is 5.14 Å². The second-order valence-corrected chi connectivity index (χ2v) is 7.68. The van der Waals surface area contributed by atoms with Crippen molar-refractivity contribution in [2.75, 3.05) is 20.2 Å². The number of esters is 1. The molecule has 0 aromatic heterocycles. The van der Waals surface area contributed by atoms with Crippen LogP contribution in [0.2, 0.25) is 0 Å². The van der Waals surface area contributed by atoms with Gasteiger partial charge >= 0.3 is 5.97 Å². The number of carbonyl (C=O) groups excluding carboxylic acids is 2. The lowest BCUT2D eigenvalue weighted by molar-refractivity contribution is -0.140. The minimum Gasteiger partial charge on any atom is -0.496 e. The summed E-state index contributed by atoms with van der Waals surface area (Å²) >= 11 is 0. The average molecular weight is 420 g/mol. The lowest BCUT2D eigenvalue weighted by atomic mass is 10.1. The van der Waals surface area contributed by atoms with Gasteiger partial charge in [-0.2, -0.15) is 0 Å². The highest BCUT2D eigenvalue weighted by Crippen LogP contribution is 2.27. The zero-order chi connectivity index (χ0) is 21.6. The molecule has 0 fully saturated rings. The van der Waals surface area contributed by atoms with E-state index in [1.165, 1.54) is 19.2 Å². The summed E-state index contributed by atoms with van der Waals surface area (Å²) in [6, 6.07) is 12.2. The number of amides is 1. The Morgan fingerprint density at radius 1 is 1.07 bits per heavy atom. The summed E-state index contributed by atoms with van der Waals surface area (Å²) in [6.07, 6.45) is -1.19. The summed E-state index contributed by atoms with van der Waals surface area (Å²) in [7, 11) is -2.71. The van der Waals surface area contributed by atoms with Gasteiger partial charge in [0, 0.05) is 18.7 Å². The molecule has 0 aliphatic rings. The molecular weight excluding hydrogens is 396 g/mol. The summed E-state index contributed by atoms with van der Waals surface area (Å²) < 4.78 is 34.0. The molecule has 0 unspecified atom stereocenters. The first-order chi connectivity index (χ1) is 13.7. The number of rotatable bonds is 8. The minimum atomic E-state index is -4.04. The predicted octanol–water partition coefficient (Wildman–Crippen LogP) is 2.11. The molecule has 0 spiro atoms. The second kappa shape index (κ2) is 9.53. The van der Waals surface area contributed by atoms with E-state index in [4.69, 9.17) is 14.6 Å². The lowest BCUT2D eigenvalue weighted by Crippen LogP contribution is -2.36. The van der Waals surface area contributed by atoms with E-state index in [1.54, 1.807) is 35.2 Å². The summed E-state index contributed by atoms with van der Waals surface area (Å²) in [5.41, 5.74) is 0.353. The Morgan fingerprint density at radius 3 is 2.21 bits per heavy atom. The van der Waals surface area contributed by atoms with Crippen LogP contribution in [0.15, 0.2) is 53.4 Å². The normalized spacial score (nSPS) is 12.1. The number of hydrogen-bond acceptors (Lipinski definition) is 6. The molecular formula is C20H24N2O6S. The van der Waals surface area contributed by atoms with E-state index in [9.17, 15) is 18.0 Å². The number of methoxy groups -OCH3 is 1. The van der Waals surface area contributed by atoms with Gasteiger partial charge in [0.2, 0.25) is 16.1 Å². The van der Waals surface area contributed by atoms with Gasteiger partial charge in [0.15, 0.2) is 0 Å². The molecule has 1 amide bonds. The Kier molecular flexibility index (Phi) is 7.35. The van der Waals surface area contributed by atoms with Crippen LogP contribution in [-0.2, 0) is 19.6 Å². The van der Waals surface area contributed by atoms with E-state index in [-0.39, 0.29) is 22.1 Å². The first-order valence-corrected chi connectivity index (χ1v) is 10.5. The van der Waals surface area contributed by atoms with Crippen LogP contribution in [0, 0.1) is 0 Å². The van der Waals surface area contributed by atoms with Gasteiger partial charge in [-0.1, -0.05) is 30.3 Å². The van der Waals surface area contributed by atoms with Crippen LogP contribution >= 0.6 is 0 Å². The maximum absolute atomic E-state index is 13.0. The van der Waals surface area contributed by atoms with Gasteiger partial charge < -0.3 is 14.4 Å².